The molecule has 0 unspecified atom stereocenters. The molecule has 6 heteroatoms. The maximum atomic E-state index is 13.0. The monoisotopic (exact) mass is 294 g/mol. The van der Waals surface area contributed by atoms with Crippen molar-refractivity contribution in [3.63, 3.8) is 0 Å². The summed E-state index contributed by atoms with van der Waals surface area (Å²) in [7, 11) is 0. The van der Waals surface area contributed by atoms with E-state index in [2.05, 4.69) is 22.0 Å². The van der Waals surface area contributed by atoms with Crippen molar-refractivity contribution in [3.05, 3.63) is 24.0 Å². The van der Waals surface area contributed by atoms with Gasteiger partial charge in [-0.25, -0.2) is 4.39 Å². The molecule has 2 rings (SSSR count). The largest absolute Gasteiger partial charge is 0.396 e. The number of rotatable bonds is 5. The molecule has 0 saturated carbocycles. The van der Waals surface area contributed by atoms with Crippen molar-refractivity contribution in [1.29, 1.82) is 0 Å². The van der Waals surface area contributed by atoms with E-state index in [1.807, 2.05) is 0 Å². The summed E-state index contributed by atoms with van der Waals surface area (Å²) in [5.41, 5.74) is 6.06. The predicted octanol–water partition coefficient (Wildman–Crippen LogP) is 1.37. The van der Waals surface area contributed by atoms with Gasteiger partial charge in [-0.3, -0.25) is 4.79 Å². The molecule has 0 atom stereocenters. The Morgan fingerprint density at radius 2 is 1.95 bits per heavy atom. The summed E-state index contributed by atoms with van der Waals surface area (Å²) >= 11 is 0. The van der Waals surface area contributed by atoms with Gasteiger partial charge >= 0.3 is 0 Å². The number of likely N-dealkylation sites (N-methyl/N-ethyl adjacent to an activating group) is 1. The quantitative estimate of drug-likeness (QED) is 0.805. The highest BCUT2D eigenvalue weighted by molar-refractivity contribution is 5.91. The first kappa shape index (κ1) is 15.7. The highest BCUT2D eigenvalue weighted by atomic mass is 19.1. The zero-order valence-electron chi connectivity index (χ0n) is 12.4. The van der Waals surface area contributed by atoms with E-state index in [0.29, 0.717) is 12.1 Å². The molecule has 0 radical (unpaired) electrons. The number of nitrogens with zero attached hydrogens (tertiary/aromatic N) is 2. The zero-order chi connectivity index (χ0) is 15.2. The molecule has 0 bridgehead atoms. The summed E-state index contributed by atoms with van der Waals surface area (Å²) < 4.78 is 13.0. The second-order valence-corrected chi connectivity index (χ2v) is 5.31. The first-order valence-electron chi connectivity index (χ1n) is 7.38. The molecular formula is C15H23FN4O. The van der Waals surface area contributed by atoms with Crippen LogP contribution in [0.4, 0.5) is 15.8 Å². The molecule has 1 aromatic rings. The number of halogens is 1. The maximum Gasteiger partial charge on any atom is 0.225 e. The van der Waals surface area contributed by atoms with Crippen LogP contribution in [0.25, 0.3) is 0 Å². The SMILES string of the molecule is CCN1CCN(CCC(=O)Nc2ccc(F)c(N)c2)CC1. The molecule has 1 amide bonds. The van der Waals surface area contributed by atoms with E-state index in [1.165, 1.54) is 18.2 Å². The molecule has 116 valence electrons. The number of hydrogen-bond acceptors (Lipinski definition) is 4. The third-order valence-electron chi connectivity index (χ3n) is 3.85. The van der Waals surface area contributed by atoms with Crippen LogP contribution in [0, 0.1) is 5.82 Å². The first-order valence-corrected chi connectivity index (χ1v) is 7.38. The van der Waals surface area contributed by atoms with Gasteiger partial charge in [-0.1, -0.05) is 6.92 Å². The Labute approximate surface area is 124 Å². The summed E-state index contributed by atoms with van der Waals surface area (Å²) in [6.45, 7) is 8.13. The lowest BCUT2D eigenvalue weighted by Crippen LogP contribution is -2.46. The Morgan fingerprint density at radius 1 is 1.29 bits per heavy atom. The van der Waals surface area contributed by atoms with Crippen LogP contribution in [0.1, 0.15) is 13.3 Å². The van der Waals surface area contributed by atoms with Gasteiger partial charge in [-0.05, 0) is 24.7 Å². The molecule has 5 nitrogen and oxygen atoms in total. The number of nitrogens with two attached hydrogens (primary N) is 1. The van der Waals surface area contributed by atoms with Crippen LogP contribution >= 0.6 is 0 Å². The molecule has 0 spiro atoms. The van der Waals surface area contributed by atoms with Gasteiger partial charge in [0, 0.05) is 44.8 Å². The number of carbonyl (C=O) groups excluding carboxylic acids is 1. The molecule has 1 fully saturated rings. The fourth-order valence-electron chi connectivity index (χ4n) is 2.43. The number of anilines is 2. The van der Waals surface area contributed by atoms with Crippen molar-refractivity contribution >= 4 is 17.3 Å². The molecular weight excluding hydrogens is 271 g/mol. The highest BCUT2D eigenvalue weighted by Crippen LogP contribution is 2.16. The van der Waals surface area contributed by atoms with Crippen LogP contribution < -0.4 is 11.1 Å². The molecule has 3 N–H and O–H groups in total. The van der Waals surface area contributed by atoms with Gasteiger partial charge in [-0.2, -0.15) is 0 Å². The number of piperazine rings is 1. The van der Waals surface area contributed by atoms with Gasteiger partial charge in [-0.15, -0.1) is 0 Å². The Morgan fingerprint density at radius 3 is 2.57 bits per heavy atom. The lowest BCUT2D eigenvalue weighted by Gasteiger charge is -2.33. The minimum Gasteiger partial charge on any atom is -0.396 e. The summed E-state index contributed by atoms with van der Waals surface area (Å²) in [5.74, 6) is -0.541. The van der Waals surface area contributed by atoms with Crippen molar-refractivity contribution in [3.8, 4) is 0 Å². The van der Waals surface area contributed by atoms with E-state index in [4.69, 9.17) is 5.73 Å². The van der Waals surface area contributed by atoms with Crippen LogP contribution in [0.2, 0.25) is 0 Å². The number of nitrogens with one attached hydrogen (secondary N) is 1. The minimum absolute atomic E-state index is 0.0449. The summed E-state index contributed by atoms with van der Waals surface area (Å²) in [6, 6.07) is 4.21. The van der Waals surface area contributed by atoms with Crippen molar-refractivity contribution < 1.29 is 9.18 Å². The average molecular weight is 294 g/mol. The number of hydrogen-bond donors (Lipinski definition) is 2. The standard InChI is InChI=1S/C15H23FN4O/c1-2-19-7-9-20(10-8-19)6-5-15(21)18-12-3-4-13(16)14(17)11-12/h3-4,11H,2,5-10,17H2,1H3,(H,18,21). The topological polar surface area (TPSA) is 61.6 Å². The number of nitrogen functional groups attached to an aromatic ring is 1. The number of benzene rings is 1. The minimum atomic E-state index is -0.471. The van der Waals surface area contributed by atoms with E-state index in [-0.39, 0.29) is 11.6 Å². The van der Waals surface area contributed by atoms with Crippen molar-refractivity contribution in [2.75, 3.05) is 50.3 Å². The van der Waals surface area contributed by atoms with Crippen LogP contribution in [0.5, 0.6) is 0 Å². The highest BCUT2D eigenvalue weighted by Gasteiger charge is 2.16. The molecule has 1 aliphatic heterocycles. The molecule has 0 aromatic heterocycles. The smallest absolute Gasteiger partial charge is 0.225 e. The second-order valence-electron chi connectivity index (χ2n) is 5.31. The molecule has 21 heavy (non-hydrogen) atoms. The van der Waals surface area contributed by atoms with Crippen LogP contribution in [0.3, 0.4) is 0 Å². The fraction of sp³-hybridized carbons (Fsp3) is 0.533. The summed E-state index contributed by atoms with van der Waals surface area (Å²) in [5, 5.41) is 2.75. The van der Waals surface area contributed by atoms with Gasteiger partial charge in [0.2, 0.25) is 5.91 Å². The van der Waals surface area contributed by atoms with Crippen molar-refractivity contribution in [1.82, 2.24) is 9.80 Å². The van der Waals surface area contributed by atoms with E-state index < -0.39 is 5.82 Å². The van der Waals surface area contributed by atoms with Crippen LogP contribution in [-0.2, 0) is 4.79 Å². The van der Waals surface area contributed by atoms with Gasteiger partial charge in [0.25, 0.3) is 0 Å². The van der Waals surface area contributed by atoms with Gasteiger partial charge in [0.1, 0.15) is 5.82 Å². The van der Waals surface area contributed by atoms with Crippen LogP contribution in [-0.4, -0.2) is 55.0 Å². The fourth-order valence-corrected chi connectivity index (χ4v) is 2.43. The lowest BCUT2D eigenvalue weighted by atomic mass is 10.2. The molecule has 1 aliphatic rings. The summed E-state index contributed by atoms with van der Waals surface area (Å²) in [6.07, 6.45) is 0.434. The van der Waals surface area contributed by atoms with Gasteiger partial charge in [0.05, 0.1) is 5.69 Å². The Bertz CT molecular complexity index is 487. The summed E-state index contributed by atoms with van der Waals surface area (Å²) in [4.78, 5) is 16.6. The third kappa shape index (κ3) is 4.68. The second kappa shape index (κ2) is 7.38. The normalized spacial score (nSPS) is 16.9. The number of amides is 1. The maximum absolute atomic E-state index is 13.0. The molecule has 1 saturated heterocycles. The number of carbonyl (C=O) groups is 1. The van der Waals surface area contributed by atoms with Gasteiger partial charge in [0.15, 0.2) is 0 Å². The average Bonchev–Trinajstić information content (AvgIpc) is 2.49. The Kier molecular flexibility index (Phi) is 5.52. The Hall–Kier alpha value is -1.66. The van der Waals surface area contributed by atoms with Crippen LogP contribution in [0.15, 0.2) is 18.2 Å². The van der Waals surface area contributed by atoms with Gasteiger partial charge < -0.3 is 20.9 Å². The van der Waals surface area contributed by atoms with E-state index in [0.717, 1.165) is 39.3 Å². The first-order chi connectivity index (χ1) is 10.1. The molecule has 1 aromatic carbocycles. The van der Waals surface area contributed by atoms with Crippen molar-refractivity contribution in [2.45, 2.75) is 13.3 Å². The van der Waals surface area contributed by atoms with E-state index in [1.54, 1.807) is 0 Å². The molecule has 1 heterocycles. The van der Waals surface area contributed by atoms with E-state index in [9.17, 15) is 9.18 Å². The third-order valence-corrected chi connectivity index (χ3v) is 3.85. The predicted molar refractivity (Wildman–Crippen MR) is 82.6 cm³/mol. The van der Waals surface area contributed by atoms with E-state index >= 15 is 0 Å². The zero-order valence-corrected chi connectivity index (χ0v) is 12.4. The molecule has 0 aliphatic carbocycles. The van der Waals surface area contributed by atoms with Crippen molar-refractivity contribution in [2.24, 2.45) is 0 Å². The Balaban J connectivity index is 1.73. The lowest BCUT2D eigenvalue weighted by molar-refractivity contribution is -0.116.